The molecule has 29 heavy (non-hydrogen) atoms. The van der Waals surface area contributed by atoms with Gasteiger partial charge in [-0.25, -0.2) is 0 Å². The van der Waals surface area contributed by atoms with Crippen LogP contribution in [-0.4, -0.2) is 22.9 Å². The molecule has 2 aromatic rings. The predicted octanol–water partition coefficient (Wildman–Crippen LogP) is 4.63. The van der Waals surface area contributed by atoms with Crippen LogP contribution in [0.4, 0.5) is 11.4 Å². The summed E-state index contributed by atoms with van der Waals surface area (Å²) >= 11 is 0. The van der Waals surface area contributed by atoms with Gasteiger partial charge in [-0.05, 0) is 50.6 Å². The Hall–Kier alpha value is -3.75. The molecule has 0 atom stereocenters. The van der Waals surface area contributed by atoms with E-state index in [1.807, 2.05) is 0 Å². The number of benzene rings is 2. The number of carbonyl (C=O) groups is 1. The molecular weight excluding hydrogens is 380 g/mol. The third kappa shape index (κ3) is 5.38. The van der Waals surface area contributed by atoms with Gasteiger partial charge in [0.15, 0.2) is 11.5 Å². The third-order valence-electron chi connectivity index (χ3n) is 3.88. The summed E-state index contributed by atoms with van der Waals surface area (Å²) in [7, 11) is 1.43. The molecule has 0 aliphatic rings. The van der Waals surface area contributed by atoms with Crippen LogP contribution >= 0.6 is 0 Å². The number of non-ortho nitro benzene ring substituents is 1. The Bertz CT molecular complexity index is 991. The molecule has 2 aromatic carbocycles. The Morgan fingerprint density at radius 1 is 0.966 bits per heavy atom. The van der Waals surface area contributed by atoms with Crippen LogP contribution in [0.5, 0.6) is 11.5 Å². The lowest BCUT2D eigenvalue weighted by molar-refractivity contribution is -0.394. The van der Waals surface area contributed by atoms with Crippen LogP contribution < -0.4 is 9.47 Å². The van der Waals surface area contributed by atoms with Crippen molar-refractivity contribution in [2.45, 2.75) is 20.8 Å². The fraction of sp³-hybridized carbons (Fsp3) is 0.250. The quantitative estimate of drug-likeness (QED) is 0.228. The van der Waals surface area contributed by atoms with Crippen LogP contribution in [0.2, 0.25) is 0 Å². The van der Waals surface area contributed by atoms with Crippen molar-refractivity contribution < 1.29 is 24.1 Å². The fourth-order valence-corrected chi connectivity index (χ4v) is 2.26. The van der Waals surface area contributed by atoms with Gasteiger partial charge in [-0.3, -0.25) is 25.0 Å². The van der Waals surface area contributed by atoms with Gasteiger partial charge in [-0.15, -0.1) is 0 Å². The molecule has 0 aromatic heterocycles. The van der Waals surface area contributed by atoms with Gasteiger partial charge in [0.25, 0.3) is 11.4 Å². The molecular formula is C20H20N2O7. The Kier molecular flexibility index (Phi) is 6.32. The number of esters is 1. The summed E-state index contributed by atoms with van der Waals surface area (Å²) in [6, 6.07) is 8.24. The predicted molar refractivity (Wildman–Crippen MR) is 107 cm³/mol. The van der Waals surface area contributed by atoms with Gasteiger partial charge in [-0.2, -0.15) is 0 Å². The molecule has 0 spiro atoms. The highest BCUT2D eigenvalue weighted by Gasteiger charge is 2.25. The van der Waals surface area contributed by atoms with E-state index in [1.54, 1.807) is 45.0 Å². The first-order valence-corrected chi connectivity index (χ1v) is 8.54. The number of nitro benzene ring substituents is 2. The highest BCUT2D eigenvalue weighted by Crippen LogP contribution is 2.32. The van der Waals surface area contributed by atoms with Crippen LogP contribution in [0.3, 0.4) is 0 Å². The van der Waals surface area contributed by atoms with E-state index in [4.69, 9.17) is 9.47 Å². The van der Waals surface area contributed by atoms with E-state index < -0.39 is 21.2 Å². The minimum atomic E-state index is -0.692. The van der Waals surface area contributed by atoms with Gasteiger partial charge in [0, 0.05) is 6.07 Å². The van der Waals surface area contributed by atoms with Gasteiger partial charge >= 0.3 is 5.97 Å². The molecule has 0 bridgehead atoms. The largest absolute Gasteiger partial charge is 0.493 e. The zero-order valence-corrected chi connectivity index (χ0v) is 16.4. The molecule has 0 N–H and O–H groups in total. The lowest BCUT2D eigenvalue weighted by Gasteiger charge is -2.17. The number of carbonyl (C=O) groups excluding carboxylic acids is 1. The summed E-state index contributed by atoms with van der Waals surface area (Å²) in [5.74, 6) is 0.162. The van der Waals surface area contributed by atoms with E-state index >= 15 is 0 Å². The number of nitrogens with zero attached hydrogens (tertiary/aromatic N) is 2. The van der Waals surface area contributed by atoms with Crippen LogP contribution in [0.25, 0.3) is 12.2 Å². The Morgan fingerprint density at radius 3 is 2.21 bits per heavy atom. The lowest BCUT2D eigenvalue weighted by Crippen LogP contribution is -2.25. The second-order valence-corrected chi connectivity index (χ2v) is 7.14. The Morgan fingerprint density at radius 2 is 1.66 bits per heavy atom. The number of rotatable bonds is 6. The molecule has 0 heterocycles. The second-order valence-electron chi connectivity index (χ2n) is 7.14. The fourth-order valence-electron chi connectivity index (χ4n) is 2.26. The van der Waals surface area contributed by atoms with E-state index in [2.05, 4.69) is 0 Å². The number of nitro groups is 2. The summed E-state index contributed by atoms with van der Waals surface area (Å²) < 4.78 is 10.6. The minimum Gasteiger partial charge on any atom is -0.493 e. The van der Waals surface area contributed by atoms with E-state index in [1.165, 1.54) is 25.3 Å². The van der Waals surface area contributed by atoms with Crippen molar-refractivity contribution in [1.82, 2.24) is 0 Å². The summed E-state index contributed by atoms with van der Waals surface area (Å²) in [4.78, 5) is 32.7. The molecule has 0 saturated carbocycles. The maximum absolute atomic E-state index is 12.1. The lowest BCUT2D eigenvalue weighted by atomic mass is 9.97. The maximum Gasteiger partial charge on any atom is 0.316 e. The molecule has 9 nitrogen and oxygen atoms in total. The summed E-state index contributed by atoms with van der Waals surface area (Å²) in [6.45, 7) is 5.20. The Labute approximate surface area is 166 Å². The van der Waals surface area contributed by atoms with Gasteiger partial charge in [0.1, 0.15) is 0 Å². The maximum atomic E-state index is 12.1. The molecule has 0 unspecified atom stereocenters. The molecule has 9 heteroatoms. The molecule has 0 amide bonds. The first-order chi connectivity index (χ1) is 13.5. The van der Waals surface area contributed by atoms with E-state index in [-0.39, 0.29) is 22.7 Å². The first-order valence-electron chi connectivity index (χ1n) is 8.54. The Balaban J connectivity index is 2.33. The topological polar surface area (TPSA) is 122 Å². The first kappa shape index (κ1) is 21.5. The van der Waals surface area contributed by atoms with E-state index in [0.29, 0.717) is 11.3 Å². The van der Waals surface area contributed by atoms with Crippen molar-refractivity contribution in [3.8, 4) is 11.5 Å². The highest BCUT2D eigenvalue weighted by atomic mass is 16.6. The van der Waals surface area contributed by atoms with Gasteiger partial charge in [0.05, 0.1) is 34.0 Å². The molecule has 152 valence electrons. The summed E-state index contributed by atoms with van der Waals surface area (Å²) in [5.41, 5.74) is -0.579. The third-order valence-corrected chi connectivity index (χ3v) is 3.88. The van der Waals surface area contributed by atoms with Gasteiger partial charge in [0.2, 0.25) is 0 Å². The average molecular weight is 400 g/mol. The highest BCUT2D eigenvalue weighted by molar-refractivity contribution is 5.79. The van der Waals surface area contributed by atoms with Gasteiger partial charge in [-0.1, -0.05) is 12.1 Å². The van der Waals surface area contributed by atoms with Crippen LogP contribution in [-0.2, 0) is 4.79 Å². The number of hydrogen-bond donors (Lipinski definition) is 0. The van der Waals surface area contributed by atoms with Crippen LogP contribution in [0.15, 0.2) is 36.4 Å². The van der Waals surface area contributed by atoms with Crippen molar-refractivity contribution in [1.29, 1.82) is 0 Å². The standard InChI is InChI=1S/C20H20N2O7/c1-20(2,3)19(23)29-17-10-6-13(11-18(17)28-4)5-7-14-8-9-15(21(24)25)12-16(14)22(26)27/h5-12H,1-4H3. The molecule has 0 fully saturated rings. The number of ether oxygens (including phenoxy) is 2. The monoisotopic (exact) mass is 400 g/mol. The molecule has 0 aliphatic heterocycles. The minimum absolute atomic E-state index is 0.211. The molecule has 2 rings (SSSR count). The average Bonchev–Trinajstić information content (AvgIpc) is 2.65. The van der Waals surface area contributed by atoms with Crippen molar-refractivity contribution in [2.24, 2.45) is 5.41 Å². The van der Waals surface area contributed by atoms with E-state index in [9.17, 15) is 25.0 Å². The number of hydrogen-bond acceptors (Lipinski definition) is 7. The van der Waals surface area contributed by atoms with Crippen molar-refractivity contribution in [2.75, 3.05) is 7.11 Å². The number of methoxy groups -OCH3 is 1. The zero-order valence-electron chi connectivity index (χ0n) is 16.4. The SMILES string of the molecule is COc1cc(C=Cc2ccc([N+](=O)[O-])cc2[N+](=O)[O-])ccc1OC(=O)C(C)(C)C. The summed E-state index contributed by atoms with van der Waals surface area (Å²) in [5, 5.41) is 22.0. The molecule has 0 aliphatic carbocycles. The summed E-state index contributed by atoms with van der Waals surface area (Å²) in [6.07, 6.45) is 3.06. The molecule has 0 radical (unpaired) electrons. The van der Waals surface area contributed by atoms with Crippen molar-refractivity contribution in [3.05, 3.63) is 67.8 Å². The zero-order chi connectivity index (χ0) is 21.8. The van der Waals surface area contributed by atoms with Crippen molar-refractivity contribution in [3.63, 3.8) is 0 Å². The van der Waals surface area contributed by atoms with Crippen LogP contribution in [0.1, 0.15) is 31.9 Å². The van der Waals surface area contributed by atoms with Gasteiger partial charge < -0.3 is 9.47 Å². The second kappa shape index (κ2) is 8.51. The molecule has 0 saturated heterocycles. The smallest absolute Gasteiger partial charge is 0.316 e. The van der Waals surface area contributed by atoms with Crippen molar-refractivity contribution >= 4 is 29.5 Å². The van der Waals surface area contributed by atoms with Crippen LogP contribution in [0, 0.1) is 25.6 Å². The normalized spacial score (nSPS) is 11.3. The van der Waals surface area contributed by atoms with E-state index in [0.717, 1.165) is 6.07 Å².